The van der Waals surface area contributed by atoms with E-state index in [-0.39, 0.29) is 5.56 Å². The van der Waals surface area contributed by atoms with Crippen molar-refractivity contribution in [1.82, 2.24) is 15.2 Å². The van der Waals surface area contributed by atoms with Crippen LogP contribution >= 0.6 is 11.3 Å². The van der Waals surface area contributed by atoms with Gasteiger partial charge in [0.25, 0.3) is 0 Å². The second kappa shape index (κ2) is 8.84. The van der Waals surface area contributed by atoms with Gasteiger partial charge in [0, 0.05) is 17.0 Å². The summed E-state index contributed by atoms with van der Waals surface area (Å²) in [5.41, 5.74) is 5.70. The number of thiazole rings is 1. The van der Waals surface area contributed by atoms with Crippen molar-refractivity contribution in [2.75, 3.05) is 12.0 Å². The summed E-state index contributed by atoms with van der Waals surface area (Å²) in [6.45, 7) is 6.15. The number of carboxylic acids is 1. The van der Waals surface area contributed by atoms with E-state index < -0.39 is 5.97 Å². The molecular formula is C24H24N4O3S. The molecule has 0 saturated heterocycles. The molecule has 0 radical (unpaired) electrons. The second-order valence-corrected chi connectivity index (χ2v) is 8.27. The Bertz CT molecular complexity index is 1260. The third-order valence-electron chi connectivity index (χ3n) is 5.33. The number of aromatic nitrogens is 3. The lowest BCUT2D eigenvalue weighted by Crippen LogP contribution is -2.16. The van der Waals surface area contributed by atoms with Gasteiger partial charge >= 0.3 is 5.97 Å². The number of hydrogen-bond donors (Lipinski definition) is 2. The van der Waals surface area contributed by atoms with Crippen molar-refractivity contribution in [3.8, 4) is 16.3 Å². The van der Waals surface area contributed by atoms with Gasteiger partial charge in [-0.05, 0) is 61.7 Å². The number of benzene rings is 2. The molecule has 8 heteroatoms. The summed E-state index contributed by atoms with van der Waals surface area (Å²) in [6.07, 6.45) is 2.54. The van der Waals surface area contributed by atoms with Gasteiger partial charge in [-0.1, -0.05) is 6.92 Å². The second-order valence-electron chi connectivity index (χ2n) is 7.42. The Labute approximate surface area is 190 Å². The molecule has 4 rings (SSSR count). The fourth-order valence-corrected chi connectivity index (χ4v) is 4.62. The number of nitrogens with zero attached hydrogens (tertiary/aromatic N) is 3. The molecule has 164 valence electrons. The summed E-state index contributed by atoms with van der Waals surface area (Å²) in [5, 5.41) is 20.0. The van der Waals surface area contributed by atoms with Crippen LogP contribution in [0.5, 0.6) is 5.75 Å². The summed E-state index contributed by atoms with van der Waals surface area (Å²) in [7, 11) is 1.52. The summed E-state index contributed by atoms with van der Waals surface area (Å²) >= 11 is 1.64. The summed E-state index contributed by atoms with van der Waals surface area (Å²) in [6, 6.07) is 11.0. The number of rotatable bonds is 7. The van der Waals surface area contributed by atoms with Crippen LogP contribution in [-0.2, 0) is 6.42 Å². The highest BCUT2D eigenvalue weighted by atomic mass is 32.1. The molecule has 0 saturated carbocycles. The zero-order valence-corrected chi connectivity index (χ0v) is 19.2. The molecule has 0 atom stereocenters. The van der Waals surface area contributed by atoms with Crippen molar-refractivity contribution in [3.63, 3.8) is 0 Å². The average Bonchev–Trinajstić information content (AvgIpc) is 3.48. The first-order chi connectivity index (χ1) is 15.4. The lowest BCUT2D eigenvalue weighted by atomic mass is 10.0. The molecule has 0 aliphatic rings. The quantitative estimate of drug-likeness (QED) is 0.366. The van der Waals surface area contributed by atoms with Crippen molar-refractivity contribution in [3.05, 3.63) is 70.4 Å². The summed E-state index contributed by atoms with van der Waals surface area (Å²) in [5.74, 6) is 0.106. The van der Waals surface area contributed by atoms with Gasteiger partial charge in [0.2, 0.25) is 0 Å². The van der Waals surface area contributed by atoms with Crippen LogP contribution in [0.4, 0.5) is 17.2 Å². The zero-order chi connectivity index (χ0) is 22.8. The van der Waals surface area contributed by atoms with E-state index in [0.717, 1.165) is 39.5 Å². The van der Waals surface area contributed by atoms with Gasteiger partial charge in [0.05, 0.1) is 35.9 Å². The van der Waals surface area contributed by atoms with Crippen LogP contribution in [0.15, 0.2) is 48.0 Å². The van der Waals surface area contributed by atoms with Crippen LogP contribution in [0.1, 0.15) is 34.1 Å². The van der Waals surface area contributed by atoms with Crippen LogP contribution in [0, 0.1) is 13.8 Å². The maximum absolute atomic E-state index is 12.1. The Kier molecular flexibility index (Phi) is 5.96. The van der Waals surface area contributed by atoms with E-state index in [1.165, 1.54) is 13.2 Å². The highest BCUT2D eigenvalue weighted by molar-refractivity contribution is 7.13. The molecule has 0 unspecified atom stereocenters. The predicted molar refractivity (Wildman–Crippen MR) is 127 cm³/mol. The van der Waals surface area contributed by atoms with Crippen LogP contribution < -0.4 is 9.64 Å². The molecular weight excluding hydrogens is 424 g/mol. The highest BCUT2D eigenvalue weighted by Gasteiger charge is 2.23. The van der Waals surface area contributed by atoms with E-state index in [1.807, 2.05) is 24.8 Å². The Morgan fingerprint density at radius 2 is 1.97 bits per heavy atom. The lowest BCUT2D eigenvalue weighted by molar-refractivity contribution is 0.0697. The van der Waals surface area contributed by atoms with Gasteiger partial charge in [-0.25, -0.2) is 9.78 Å². The van der Waals surface area contributed by atoms with Crippen molar-refractivity contribution in [1.29, 1.82) is 0 Å². The van der Waals surface area contributed by atoms with Gasteiger partial charge in [-0.15, -0.1) is 11.3 Å². The molecule has 7 nitrogen and oxygen atoms in total. The van der Waals surface area contributed by atoms with Gasteiger partial charge in [0.1, 0.15) is 16.6 Å². The van der Waals surface area contributed by atoms with Crippen molar-refractivity contribution in [2.24, 2.45) is 0 Å². The topological polar surface area (TPSA) is 91.3 Å². The van der Waals surface area contributed by atoms with E-state index >= 15 is 0 Å². The predicted octanol–water partition coefficient (Wildman–Crippen LogP) is 5.89. The molecule has 2 heterocycles. The molecule has 0 aliphatic heterocycles. The number of H-pyrrole nitrogens is 1. The number of hydrogen-bond acceptors (Lipinski definition) is 6. The Balaban J connectivity index is 1.90. The Morgan fingerprint density at radius 3 is 2.59 bits per heavy atom. The molecule has 0 aliphatic carbocycles. The molecule has 32 heavy (non-hydrogen) atoms. The number of carboxylic acid groups (broad SMARTS) is 1. The smallest absolute Gasteiger partial charge is 0.337 e. The SMILES string of the molecule is CCc1csc(-c2cc(C)c(N(c3ccn[nH]3)c3ccc(OC)cc3C(=O)O)cc2C)n1. The maximum atomic E-state index is 12.1. The monoisotopic (exact) mass is 448 g/mol. The minimum absolute atomic E-state index is 0.132. The number of anilines is 3. The van der Waals surface area contributed by atoms with Crippen molar-refractivity contribution < 1.29 is 14.6 Å². The lowest BCUT2D eigenvalue weighted by Gasteiger charge is -2.27. The molecule has 2 aromatic heterocycles. The summed E-state index contributed by atoms with van der Waals surface area (Å²) < 4.78 is 5.25. The zero-order valence-electron chi connectivity index (χ0n) is 18.3. The van der Waals surface area contributed by atoms with E-state index in [1.54, 1.807) is 29.7 Å². The molecule has 0 fully saturated rings. The van der Waals surface area contributed by atoms with Gasteiger partial charge < -0.3 is 9.84 Å². The van der Waals surface area contributed by atoms with E-state index in [4.69, 9.17) is 9.72 Å². The number of aromatic amines is 1. The van der Waals surface area contributed by atoms with Crippen molar-refractivity contribution in [2.45, 2.75) is 27.2 Å². The van der Waals surface area contributed by atoms with E-state index in [9.17, 15) is 9.90 Å². The third kappa shape index (κ3) is 3.97. The number of carbonyl (C=O) groups is 1. The number of methoxy groups -OCH3 is 1. The number of aromatic carboxylic acids is 1. The standard InChI is InChI=1S/C24H24N4O3S/c1-5-16-13-32-23(26-16)18-10-15(3)21(11-14(18)2)28(22-8-9-25-27-22)20-7-6-17(31-4)12-19(20)24(29)30/h6-13H,5H2,1-4H3,(H,25,27)(H,29,30). The Morgan fingerprint density at radius 1 is 1.16 bits per heavy atom. The first kappa shape index (κ1) is 21.6. The maximum Gasteiger partial charge on any atom is 0.337 e. The van der Waals surface area contributed by atoms with Crippen LogP contribution in [0.25, 0.3) is 10.6 Å². The van der Waals surface area contributed by atoms with Crippen LogP contribution in [0.2, 0.25) is 0 Å². The number of nitrogens with one attached hydrogen (secondary N) is 1. The largest absolute Gasteiger partial charge is 0.497 e. The molecule has 4 aromatic rings. The molecule has 0 amide bonds. The molecule has 0 bridgehead atoms. The number of ether oxygens (including phenoxy) is 1. The minimum Gasteiger partial charge on any atom is -0.497 e. The number of aryl methyl sites for hydroxylation is 3. The van der Waals surface area contributed by atoms with Gasteiger partial charge in [-0.2, -0.15) is 5.10 Å². The molecule has 0 spiro atoms. The first-order valence-corrected chi connectivity index (χ1v) is 11.1. The minimum atomic E-state index is -1.04. The Hall–Kier alpha value is -3.65. The highest BCUT2D eigenvalue weighted by Crippen LogP contribution is 2.41. The van der Waals surface area contributed by atoms with Crippen LogP contribution in [0.3, 0.4) is 0 Å². The average molecular weight is 449 g/mol. The van der Waals surface area contributed by atoms with Crippen LogP contribution in [-0.4, -0.2) is 33.4 Å². The summed E-state index contributed by atoms with van der Waals surface area (Å²) in [4.78, 5) is 18.7. The van der Waals surface area contributed by atoms with Crippen molar-refractivity contribution >= 4 is 34.5 Å². The normalized spacial score (nSPS) is 10.9. The first-order valence-electron chi connectivity index (χ1n) is 10.2. The van der Waals surface area contributed by atoms with E-state index in [0.29, 0.717) is 17.3 Å². The fourth-order valence-electron chi connectivity index (χ4n) is 3.64. The fraction of sp³-hybridized carbons (Fsp3) is 0.208. The third-order valence-corrected chi connectivity index (χ3v) is 6.25. The molecule has 2 aromatic carbocycles. The molecule has 2 N–H and O–H groups in total. The van der Waals surface area contributed by atoms with Gasteiger partial charge in [0.15, 0.2) is 0 Å². The van der Waals surface area contributed by atoms with Gasteiger partial charge in [-0.3, -0.25) is 10.00 Å². The van der Waals surface area contributed by atoms with E-state index in [2.05, 4.69) is 34.6 Å².